The molecule has 3 rings (SSSR count). The van der Waals surface area contributed by atoms with Gasteiger partial charge in [0.1, 0.15) is 0 Å². The highest BCUT2D eigenvalue weighted by molar-refractivity contribution is 5.70. The summed E-state index contributed by atoms with van der Waals surface area (Å²) in [6, 6.07) is 10.2. The number of hydrogen-bond acceptors (Lipinski definition) is 4. The Labute approximate surface area is 115 Å². The number of nitrogens with one attached hydrogen (secondary N) is 1. The first-order valence-corrected chi connectivity index (χ1v) is 6.40. The first-order valence-electron chi connectivity index (χ1n) is 6.40. The Bertz CT molecular complexity index is 790. The largest absolute Gasteiger partial charge is 0.369 e. The van der Waals surface area contributed by atoms with Crippen LogP contribution in [0.25, 0.3) is 11.2 Å². The number of benzene rings is 1. The van der Waals surface area contributed by atoms with E-state index in [9.17, 15) is 4.79 Å². The van der Waals surface area contributed by atoms with Gasteiger partial charge in [-0.2, -0.15) is 4.98 Å². The summed E-state index contributed by atoms with van der Waals surface area (Å²) in [4.78, 5) is 22.4. The minimum Gasteiger partial charge on any atom is -0.369 e. The van der Waals surface area contributed by atoms with Crippen molar-refractivity contribution >= 4 is 17.1 Å². The molecular weight excluding hydrogens is 254 g/mol. The summed E-state index contributed by atoms with van der Waals surface area (Å²) in [7, 11) is 0. The fourth-order valence-electron chi connectivity index (χ4n) is 2.29. The molecule has 20 heavy (non-hydrogen) atoms. The van der Waals surface area contributed by atoms with Crippen LogP contribution in [0.3, 0.4) is 0 Å². The molecule has 0 bridgehead atoms. The normalized spacial score (nSPS) is 12.7. The van der Waals surface area contributed by atoms with Crippen LogP contribution >= 0.6 is 0 Å². The van der Waals surface area contributed by atoms with Crippen molar-refractivity contribution in [1.82, 2.24) is 19.5 Å². The second-order valence-corrected chi connectivity index (χ2v) is 4.83. The van der Waals surface area contributed by atoms with Gasteiger partial charge in [0.2, 0.25) is 5.95 Å². The molecule has 1 atom stereocenters. The lowest BCUT2D eigenvalue weighted by Gasteiger charge is -2.12. The van der Waals surface area contributed by atoms with Gasteiger partial charge < -0.3 is 10.3 Å². The molecule has 102 valence electrons. The van der Waals surface area contributed by atoms with Crippen molar-refractivity contribution in [2.45, 2.75) is 19.4 Å². The number of nitrogen functional groups attached to an aromatic ring is 1. The average Bonchev–Trinajstić information content (AvgIpc) is 2.83. The van der Waals surface area contributed by atoms with Gasteiger partial charge in [0.05, 0.1) is 6.33 Å². The SMILES string of the molecule is CC(Cn1cnc2c(=O)[nH]c(N)nc21)c1ccccc1. The van der Waals surface area contributed by atoms with Crippen LogP contribution in [0.1, 0.15) is 18.4 Å². The zero-order valence-electron chi connectivity index (χ0n) is 11.1. The summed E-state index contributed by atoms with van der Waals surface area (Å²) in [5, 5.41) is 0. The Morgan fingerprint density at radius 2 is 2.10 bits per heavy atom. The molecule has 0 spiro atoms. The van der Waals surface area contributed by atoms with E-state index in [-0.39, 0.29) is 17.4 Å². The highest BCUT2D eigenvalue weighted by Crippen LogP contribution is 2.18. The molecule has 0 saturated carbocycles. The molecule has 0 saturated heterocycles. The molecule has 0 amide bonds. The number of aromatic nitrogens is 4. The van der Waals surface area contributed by atoms with Gasteiger partial charge in [-0.25, -0.2) is 4.98 Å². The van der Waals surface area contributed by atoms with Gasteiger partial charge in [0.15, 0.2) is 11.2 Å². The Hall–Kier alpha value is -2.63. The summed E-state index contributed by atoms with van der Waals surface area (Å²) in [6.45, 7) is 2.81. The van der Waals surface area contributed by atoms with E-state index in [1.807, 2.05) is 22.8 Å². The van der Waals surface area contributed by atoms with E-state index >= 15 is 0 Å². The molecule has 2 aromatic heterocycles. The number of hydrogen-bond donors (Lipinski definition) is 2. The highest BCUT2D eigenvalue weighted by Gasteiger charge is 2.12. The van der Waals surface area contributed by atoms with Crippen molar-refractivity contribution in [2.75, 3.05) is 5.73 Å². The van der Waals surface area contributed by atoms with Crippen LogP contribution in [0.15, 0.2) is 41.5 Å². The molecule has 6 heteroatoms. The average molecular weight is 269 g/mol. The van der Waals surface area contributed by atoms with E-state index in [1.54, 1.807) is 6.33 Å². The van der Waals surface area contributed by atoms with Crippen molar-refractivity contribution in [1.29, 1.82) is 0 Å². The zero-order chi connectivity index (χ0) is 14.1. The summed E-state index contributed by atoms with van der Waals surface area (Å²) >= 11 is 0. The molecule has 6 nitrogen and oxygen atoms in total. The van der Waals surface area contributed by atoms with Crippen molar-refractivity contribution < 1.29 is 0 Å². The van der Waals surface area contributed by atoms with Crippen LogP contribution in [0.4, 0.5) is 5.95 Å². The molecule has 0 aliphatic heterocycles. The van der Waals surface area contributed by atoms with E-state index < -0.39 is 0 Å². The van der Waals surface area contributed by atoms with Crippen LogP contribution in [0.2, 0.25) is 0 Å². The number of nitrogens with zero attached hydrogens (tertiary/aromatic N) is 3. The lowest BCUT2D eigenvalue weighted by molar-refractivity contribution is 0.607. The van der Waals surface area contributed by atoms with Gasteiger partial charge in [-0.3, -0.25) is 9.78 Å². The number of imidazole rings is 1. The lowest BCUT2D eigenvalue weighted by atomic mass is 10.0. The number of nitrogens with two attached hydrogens (primary N) is 1. The first-order chi connectivity index (χ1) is 9.65. The molecule has 3 aromatic rings. The quantitative estimate of drug-likeness (QED) is 0.754. The third-order valence-corrected chi connectivity index (χ3v) is 3.33. The van der Waals surface area contributed by atoms with Crippen LogP contribution in [0, 0.1) is 0 Å². The second kappa shape index (κ2) is 4.80. The lowest BCUT2D eigenvalue weighted by Crippen LogP contribution is -2.13. The molecule has 0 aliphatic rings. The van der Waals surface area contributed by atoms with Gasteiger partial charge in [-0.1, -0.05) is 37.3 Å². The highest BCUT2D eigenvalue weighted by atomic mass is 16.1. The number of fused-ring (bicyclic) bond motifs is 1. The fraction of sp³-hybridized carbons (Fsp3) is 0.214. The summed E-state index contributed by atoms with van der Waals surface area (Å²) < 4.78 is 1.86. The Kier molecular flexibility index (Phi) is 2.98. The maximum absolute atomic E-state index is 11.7. The molecule has 0 fully saturated rings. The molecule has 1 aromatic carbocycles. The van der Waals surface area contributed by atoms with E-state index in [2.05, 4.69) is 34.0 Å². The van der Waals surface area contributed by atoms with Gasteiger partial charge in [-0.15, -0.1) is 0 Å². The van der Waals surface area contributed by atoms with E-state index in [4.69, 9.17) is 5.73 Å². The summed E-state index contributed by atoms with van der Waals surface area (Å²) in [6.07, 6.45) is 1.63. The van der Waals surface area contributed by atoms with Crippen molar-refractivity contribution in [3.63, 3.8) is 0 Å². The molecule has 0 radical (unpaired) electrons. The molecule has 3 N–H and O–H groups in total. The minimum atomic E-state index is -0.307. The fourth-order valence-corrected chi connectivity index (χ4v) is 2.29. The first kappa shape index (κ1) is 12.4. The molecule has 1 unspecified atom stereocenters. The Morgan fingerprint density at radius 1 is 1.35 bits per heavy atom. The number of H-pyrrole nitrogens is 1. The third kappa shape index (κ3) is 2.16. The molecular formula is C14H15N5O. The van der Waals surface area contributed by atoms with Gasteiger partial charge in [0, 0.05) is 6.54 Å². The smallest absolute Gasteiger partial charge is 0.280 e. The monoisotopic (exact) mass is 269 g/mol. The second-order valence-electron chi connectivity index (χ2n) is 4.83. The van der Waals surface area contributed by atoms with E-state index in [0.717, 1.165) is 0 Å². The van der Waals surface area contributed by atoms with Crippen molar-refractivity contribution in [3.05, 3.63) is 52.6 Å². The van der Waals surface area contributed by atoms with Gasteiger partial charge >= 0.3 is 0 Å². The standard InChI is InChI=1S/C14H15N5O/c1-9(10-5-3-2-4-6-10)7-19-8-16-11-12(19)17-14(15)18-13(11)20/h2-6,8-9H,7H2,1H3,(H3,15,17,18,20). The van der Waals surface area contributed by atoms with E-state index in [1.165, 1.54) is 5.56 Å². The van der Waals surface area contributed by atoms with Crippen LogP contribution in [0.5, 0.6) is 0 Å². The number of aromatic amines is 1. The Balaban J connectivity index is 1.98. The van der Waals surface area contributed by atoms with Gasteiger partial charge in [-0.05, 0) is 11.5 Å². The van der Waals surface area contributed by atoms with Crippen LogP contribution < -0.4 is 11.3 Å². The predicted molar refractivity (Wildman–Crippen MR) is 77.4 cm³/mol. The number of anilines is 1. The van der Waals surface area contributed by atoms with Crippen molar-refractivity contribution in [2.24, 2.45) is 0 Å². The predicted octanol–water partition coefficient (Wildman–Crippen LogP) is 1.51. The maximum atomic E-state index is 11.7. The summed E-state index contributed by atoms with van der Waals surface area (Å²) in [5.41, 5.74) is 7.35. The number of rotatable bonds is 3. The van der Waals surface area contributed by atoms with Crippen LogP contribution in [-0.2, 0) is 6.54 Å². The maximum Gasteiger partial charge on any atom is 0.280 e. The Morgan fingerprint density at radius 3 is 2.85 bits per heavy atom. The summed E-state index contributed by atoms with van der Waals surface area (Å²) in [5.74, 6) is 0.396. The van der Waals surface area contributed by atoms with Gasteiger partial charge in [0.25, 0.3) is 5.56 Å². The zero-order valence-corrected chi connectivity index (χ0v) is 11.1. The van der Waals surface area contributed by atoms with Crippen molar-refractivity contribution in [3.8, 4) is 0 Å². The topological polar surface area (TPSA) is 89.6 Å². The molecule has 2 heterocycles. The molecule has 0 aliphatic carbocycles. The third-order valence-electron chi connectivity index (χ3n) is 3.33. The van der Waals surface area contributed by atoms with Crippen LogP contribution in [-0.4, -0.2) is 19.5 Å². The van der Waals surface area contributed by atoms with E-state index in [0.29, 0.717) is 17.7 Å². The minimum absolute atomic E-state index is 0.108.